The van der Waals surface area contributed by atoms with Crippen LogP contribution in [0.3, 0.4) is 0 Å². The van der Waals surface area contributed by atoms with Crippen molar-refractivity contribution in [2.75, 3.05) is 6.61 Å². The molecule has 74 valence electrons. The first-order valence-corrected chi connectivity index (χ1v) is 4.94. The molecule has 1 fully saturated rings. The monoisotopic (exact) mass is 182 g/mol. The zero-order valence-electron chi connectivity index (χ0n) is 8.67. The minimum atomic E-state index is -0.182. The zero-order chi connectivity index (χ0) is 9.84. The smallest absolute Gasteiger partial charge is 0.330 e. The molecule has 0 aromatic heterocycles. The summed E-state index contributed by atoms with van der Waals surface area (Å²) < 4.78 is 5.07. The van der Waals surface area contributed by atoms with Crippen LogP contribution in [0.1, 0.15) is 33.6 Å². The Hall–Kier alpha value is -0.790. The normalized spacial score (nSPS) is 17.7. The summed E-state index contributed by atoms with van der Waals surface area (Å²) in [4.78, 5) is 11.2. The first-order valence-electron chi connectivity index (χ1n) is 4.94. The Bertz CT molecular complexity index is 212. The summed E-state index contributed by atoms with van der Waals surface area (Å²) >= 11 is 0. The number of hydrogen-bond donors (Lipinski definition) is 0. The van der Waals surface area contributed by atoms with Crippen molar-refractivity contribution in [3.05, 3.63) is 11.6 Å². The van der Waals surface area contributed by atoms with Gasteiger partial charge in [0.05, 0.1) is 6.61 Å². The summed E-state index contributed by atoms with van der Waals surface area (Å²) in [6.07, 6.45) is 4.05. The van der Waals surface area contributed by atoms with Crippen molar-refractivity contribution in [1.29, 1.82) is 0 Å². The number of ether oxygens (including phenoxy) is 1. The number of carbonyl (C=O) groups excluding carboxylic acids is 1. The van der Waals surface area contributed by atoms with Crippen LogP contribution in [0.25, 0.3) is 0 Å². The predicted molar refractivity (Wildman–Crippen MR) is 52.3 cm³/mol. The molecular weight excluding hydrogens is 164 g/mol. The summed E-state index contributed by atoms with van der Waals surface area (Å²) in [5.41, 5.74) is 1.08. The molecule has 0 amide bonds. The highest BCUT2D eigenvalue weighted by Gasteiger charge is 2.22. The molecule has 2 heteroatoms. The molecule has 0 aliphatic heterocycles. The van der Waals surface area contributed by atoms with Gasteiger partial charge in [-0.3, -0.25) is 0 Å². The van der Waals surface area contributed by atoms with Crippen molar-refractivity contribution >= 4 is 5.97 Å². The van der Waals surface area contributed by atoms with Gasteiger partial charge in [0.15, 0.2) is 0 Å². The highest BCUT2D eigenvalue weighted by molar-refractivity contribution is 5.82. The maximum Gasteiger partial charge on any atom is 0.330 e. The lowest BCUT2D eigenvalue weighted by Gasteiger charge is -2.04. The third-order valence-electron chi connectivity index (χ3n) is 2.41. The summed E-state index contributed by atoms with van der Waals surface area (Å²) in [7, 11) is 0. The van der Waals surface area contributed by atoms with E-state index in [1.54, 1.807) is 6.08 Å². The van der Waals surface area contributed by atoms with Crippen LogP contribution in [0.2, 0.25) is 0 Å². The van der Waals surface area contributed by atoms with E-state index in [2.05, 4.69) is 13.8 Å². The number of carbonyl (C=O) groups is 1. The van der Waals surface area contributed by atoms with Gasteiger partial charge in [0.2, 0.25) is 0 Å². The average molecular weight is 182 g/mol. The summed E-state index contributed by atoms with van der Waals surface area (Å²) in [5, 5.41) is 0. The average Bonchev–Trinajstić information content (AvgIpc) is 2.83. The maximum absolute atomic E-state index is 11.2. The predicted octanol–water partition coefficient (Wildman–Crippen LogP) is 2.54. The van der Waals surface area contributed by atoms with E-state index in [0.717, 1.165) is 5.57 Å². The Morgan fingerprint density at radius 1 is 1.54 bits per heavy atom. The molecule has 0 radical (unpaired) electrons. The largest absolute Gasteiger partial charge is 0.462 e. The third kappa shape index (κ3) is 4.11. The molecular formula is C11H18O2. The van der Waals surface area contributed by atoms with Gasteiger partial charge in [0, 0.05) is 6.08 Å². The van der Waals surface area contributed by atoms with Crippen molar-refractivity contribution in [3.63, 3.8) is 0 Å². The van der Waals surface area contributed by atoms with Crippen LogP contribution < -0.4 is 0 Å². The number of esters is 1. The van der Waals surface area contributed by atoms with Crippen LogP contribution in [0.4, 0.5) is 0 Å². The van der Waals surface area contributed by atoms with Crippen molar-refractivity contribution in [2.45, 2.75) is 33.6 Å². The molecule has 2 nitrogen and oxygen atoms in total. The van der Waals surface area contributed by atoms with Gasteiger partial charge < -0.3 is 4.74 Å². The highest BCUT2D eigenvalue weighted by Crippen LogP contribution is 2.28. The maximum atomic E-state index is 11.2. The number of hydrogen-bond acceptors (Lipinski definition) is 2. The van der Waals surface area contributed by atoms with E-state index in [1.165, 1.54) is 12.8 Å². The van der Waals surface area contributed by atoms with Gasteiger partial charge in [0.1, 0.15) is 0 Å². The fourth-order valence-corrected chi connectivity index (χ4v) is 0.879. The molecule has 0 unspecified atom stereocenters. The van der Waals surface area contributed by atoms with Crippen LogP contribution in [0.15, 0.2) is 11.6 Å². The molecule has 1 rings (SSSR count). The van der Waals surface area contributed by atoms with Crippen molar-refractivity contribution in [1.82, 2.24) is 0 Å². The van der Waals surface area contributed by atoms with E-state index >= 15 is 0 Å². The van der Waals surface area contributed by atoms with Gasteiger partial charge in [-0.05, 0) is 31.6 Å². The molecule has 1 saturated carbocycles. The number of rotatable bonds is 4. The molecule has 0 atom stereocenters. The summed E-state index contributed by atoms with van der Waals surface area (Å²) in [5.74, 6) is 0.892. The standard InChI is InChI=1S/C11H18O2/c1-8(2)9(3)6-11(12)13-7-10-4-5-10/h6,8,10H,4-5,7H2,1-3H3. The SMILES string of the molecule is CC(=CC(=O)OCC1CC1)C(C)C. The van der Waals surface area contributed by atoms with Crippen LogP contribution >= 0.6 is 0 Å². The summed E-state index contributed by atoms with van der Waals surface area (Å²) in [6, 6.07) is 0. The van der Waals surface area contributed by atoms with Crippen LogP contribution in [-0.4, -0.2) is 12.6 Å². The first kappa shape index (κ1) is 10.3. The minimum Gasteiger partial charge on any atom is -0.462 e. The molecule has 0 heterocycles. The Balaban J connectivity index is 2.25. The first-order chi connectivity index (χ1) is 6.09. The Labute approximate surface area is 80.0 Å². The molecule has 1 aliphatic carbocycles. The summed E-state index contributed by atoms with van der Waals surface area (Å²) in [6.45, 7) is 6.71. The van der Waals surface area contributed by atoms with E-state index in [1.807, 2.05) is 6.92 Å². The van der Waals surface area contributed by atoms with Gasteiger partial charge in [-0.1, -0.05) is 19.4 Å². The van der Waals surface area contributed by atoms with Gasteiger partial charge in [0.25, 0.3) is 0 Å². The molecule has 13 heavy (non-hydrogen) atoms. The number of allylic oxidation sites excluding steroid dienone is 1. The Morgan fingerprint density at radius 2 is 2.15 bits per heavy atom. The van der Waals surface area contributed by atoms with Crippen LogP contribution in [0, 0.1) is 11.8 Å². The van der Waals surface area contributed by atoms with Gasteiger partial charge >= 0.3 is 5.97 Å². The van der Waals surface area contributed by atoms with E-state index in [0.29, 0.717) is 18.4 Å². The van der Waals surface area contributed by atoms with E-state index < -0.39 is 0 Å². The molecule has 0 saturated heterocycles. The molecule has 1 aliphatic rings. The zero-order valence-corrected chi connectivity index (χ0v) is 8.67. The van der Waals surface area contributed by atoms with Crippen molar-refractivity contribution < 1.29 is 9.53 Å². The second-order valence-electron chi connectivity index (χ2n) is 4.12. The quantitative estimate of drug-likeness (QED) is 0.493. The fourth-order valence-electron chi connectivity index (χ4n) is 0.879. The molecule has 0 bridgehead atoms. The van der Waals surface area contributed by atoms with Crippen LogP contribution in [0.5, 0.6) is 0 Å². The molecule has 0 spiro atoms. The second-order valence-corrected chi connectivity index (χ2v) is 4.12. The second kappa shape index (κ2) is 4.45. The minimum absolute atomic E-state index is 0.182. The Kier molecular flexibility index (Phi) is 3.52. The third-order valence-corrected chi connectivity index (χ3v) is 2.41. The lowest BCUT2D eigenvalue weighted by atomic mass is 10.1. The highest BCUT2D eigenvalue weighted by atomic mass is 16.5. The van der Waals surface area contributed by atoms with Gasteiger partial charge in [-0.2, -0.15) is 0 Å². The van der Waals surface area contributed by atoms with E-state index in [9.17, 15) is 4.79 Å². The molecule has 0 aromatic rings. The Morgan fingerprint density at radius 3 is 2.62 bits per heavy atom. The molecule has 0 N–H and O–H groups in total. The van der Waals surface area contributed by atoms with E-state index in [-0.39, 0.29) is 5.97 Å². The van der Waals surface area contributed by atoms with Gasteiger partial charge in [-0.25, -0.2) is 4.79 Å². The van der Waals surface area contributed by atoms with E-state index in [4.69, 9.17) is 4.74 Å². The lowest BCUT2D eigenvalue weighted by Crippen LogP contribution is -2.05. The van der Waals surface area contributed by atoms with Crippen molar-refractivity contribution in [3.8, 4) is 0 Å². The van der Waals surface area contributed by atoms with Crippen molar-refractivity contribution in [2.24, 2.45) is 11.8 Å². The topological polar surface area (TPSA) is 26.3 Å². The fraction of sp³-hybridized carbons (Fsp3) is 0.727. The molecule has 0 aromatic carbocycles. The van der Waals surface area contributed by atoms with Crippen LogP contribution in [-0.2, 0) is 9.53 Å². The van der Waals surface area contributed by atoms with Gasteiger partial charge in [-0.15, -0.1) is 0 Å². The lowest BCUT2D eigenvalue weighted by molar-refractivity contribution is -0.138.